The fourth-order valence-corrected chi connectivity index (χ4v) is 6.87. The van der Waals surface area contributed by atoms with Crippen molar-refractivity contribution in [2.45, 2.75) is 63.3 Å². The first-order valence-electron chi connectivity index (χ1n) is 12.2. The SMILES string of the molecule is COc1cc(C)c(S(=O)(=O)N(C)CCC(=O)CC2CCN(C3CCN(C)CC3)CC2)c(C)c1. The van der Waals surface area contributed by atoms with Crippen molar-refractivity contribution in [3.8, 4) is 5.75 Å². The van der Waals surface area contributed by atoms with Crippen LogP contribution < -0.4 is 4.74 Å². The molecule has 0 unspecified atom stereocenters. The first kappa shape index (κ1) is 26.1. The second-order valence-corrected chi connectivity index (χ2v) is 11.9. The predicted octanol–water partition coefficient (Wildman–Crippen LogP) is 3.09. The zero-order valence-electron chi connectivity index (χ0n) is 21.0. The quantitative estimate of drug-likeness (QED) is 0.542. The lowest BCUT2D eigenvalue weighted by Crippen LogP contribution is -2.47. The molecular weight excluding hydrogens is 438 g/mol. The molecule has 2 aliphatic heterocycles. The molecule has 33 heavy (non-hydrogen) atoms. The molecule has 1 aromatic carbocycles. The van der Waals surface area contributed by atoms with Gasteiger partial charge in [0.15, 0.2) is 0 Å². The van der Waals surface area contributed by atoms with Gasteiger partial charge >= 0.3 is 0 Å². The van der Waals surface area contributed by atoms with Gasteiger partial charge in [0.1, 0.15) is 11.5 Å². The topological polar surface area (TPSA) is 70.2 Å². The normalized spacial score (nSPS) is 19.8. The molecule has 0 radical (unpaired) electrons. The lowest BCUT2D eigenvalue weighted by Gasteiger charge is -2.41. The Morgan fingerprint density at radius 3 is 2.18 bits per heavy atom. The number of sulfonamides is 1. The van der Waals surface area contributed by atoms with Crippen LogP contribution in [0.2, 0.25) is 0 Å². The largest absolute Gasteiger partial charge is 0.497 e. The van der Waals surface area contributed by atoms with Crippen LogP contribution in [-0.2, 0) is 14.8 Å². The number of nitrogens with zero attached hydrogens (tertiary/aromatic N) is 3. The number of hydrogen-bond acceptors (Lipinski definition) is 6. The number of carbonyl (C=O) groups excluding carboxylic acids is 1. The zero-order valence-corrected chi connectivity index (χ0v) is 21.8. The molecule has 186 valence electrons. The van der Waals surface area contributed by atoms with E-state index in [-0.39, 0.29) is 18.7 Å². The summed E-state index contributed by atoms with van der Waals surface area (Å²) in [5.74, 6) is 1.23. The van der Waals surface area contributed by atoms with E-state index in [1.54, 1.807) is 40.1 Å². The lowest BCUT2D eigenvalue weighted by molar-refractivity contribution is -0.120. The Balaban J connectivity index is 1.47. The Morgan fingerprint density at radius 2 is 1.64 bits per heavy atom. The van der Waals surface area contributed by atoms with Crippen molar-refractivity contribution in [3.63, 3.8) is 0 Å². The lowest BCUT2D eigenvalue weighted by atomic mass is 9.89. The van der Waals surface area contributed by atoms with E-state index in [2.05, 4.69) is 16.8 Å². The van der Waals surface area contributed by atoms with Gasteiger partial charge in [-0.3, -0.25) is 4.79 Å². The highest BCUT2D eigenvalue weighted by Crippen LogP contribution is 2.29. The minimum Gasteiger partial charge on any atom is -0.497 e. The van der Waals surface area contributed by atoms with Crippen molar-refractivity contribution < 1.29 is 17.9 Å². The summed E-state index contributed by atoms with van der Waals surface area (Å²) >= 11 is 0. The number of hydrogen-bond donors (Lipinski definition) is 0. The van der Waals surface area contributed by atoms with Gasteiger partial charge in [0, 0.05) is 32.5 Å². The average Bonchev–Trinajstić information content (AvgIpc) is 2.77. The van der Waals surface area contributed by atoms with Crippen LogP contribution in [-0.4, -0.2) is 88.3 Å². The molecule has 0 aliphatic carbocycles. The minimum absolute atomic E-state index is 0.165. The molecular formula is C25H41N3O4S. The van der Waals surface area contributed by atoms with E-state index in [1.807, 2.05) is 0 Å². The summed E-state index contributed by atoms with van der Waals surface area (Å²) in [7, 11) is 1.66. The van der Waals surface area contributed by atoms with Crippen molar-refractivity contribution in [2.75, 3.05) is 53.9 Å². The average molecular weight is 480 g/mol. The van der Waals surface area contributed by atoms with E-state index in [4.69, 9.17) is 4.74 Å². The van der Waals surface area contributed by atoms with Gasteiger partial charge in [-0.1, -0.05) is 0 Å². The number of piperidine rings is 2. The van der Waals surface area contributed by atoms with Crippen LogP contribution >= 0.6 is 0 Å². The minimum atomic E-state index is -3.66. The molecule has 0 saturated carbocycles. The monoisotopic (exact) mass is 479 g/mol. The molecule has 7 nitrogen and oxygen atoms in total. The highest BCUT2D eigenvalue weighted by atomic mass is 32.2. The molecule has 2 heterocycles. The molecule has 0 amide bonds. The van der Waals surface area contributed by atoms with Gasteiger partial charge in [0.05, 0.1) is 12.0 Å². The van der Waals surface area contributed by atoms with Gasteiger partial charge in [0.2, 0.25) is 10.0 Å². The van der Waals surface area contributed by atoms with Crippen molar-refractivity contribution in [1.82, 2.24) is 14.1 Å². The third kappa shape index (κ3) is 6.56. The van der Waals surface area contributed by atoms with E-state index < -0.39 is 10.0 Å². The smallest absolute Gasteiger partial charge is 0.243 e. The molecule has 0 aromatic heterocycles. The van der Waals surface area contributed by atoms with Crippen LogP contribution in [0.4, 0.5) is 0 Å². The fourth-order valence-electron chi connectivity index (χ4n) is 5.30. The molecule has 2 fully saturated rings. The molecule has 8 heteroatoms. The highest BCUT2D eigenvalue weighted by Gasteiger charge is 2.29. The molecule has 0 spiro atoms. The molecule has 2 saturated heterocycles. The molecule has 1 aromatic rings. The number of benzene rings is 1. The van der Waals surface area contributed by atoms with Crippen LogP contribution in [0, 0.1) is 19.8 Å². The number of carbonyl (C=O) groups is 1. The third-order valence-electron chi connectivity index (χ3n) is 7.41. The van der Waals surface area contributed by atoms with E-state index >= 15 is 0 Å². The Kier molecular flexibility index (Phi) is 8.95. The summed E-state index contributed by atoms with van der Waals surface area (Å²) in [6.45, 7) is 8.27. The standard InChI is InChI=1S/C25H41N3O4S/c1-19-16-24(32-5)17-20(2)25(19)33(30,31)27(4)13-10-23(29)18-21-6-14-28(15-7-21)22-8-11-26(3)12-9-22/h16-17,21-22H,6-15,18H2,1-5H3. The Labute approximate surface area is 200 Å². The highest BCUT2D eigenvalue weighted by molar-refractivity contribution is 7.89. The summed E-state index contributed by atoms with van der Waals surface area (Å²) in [5, 5.41) is 0. The summed E-state index contributed by atoms with van der Waals surface area (Å²) in [4.78, 5) is 18.0. The Bertz CT molecular complexity index is 895. The maximum atomic E-state index is 13.1. The molecule has 0 bridgehead atoms. The van der Waals surface area contributed by atoms with Crippen LogP contribution in [0.3, 0.4) is 0 Å². The van der Waals surface area contributed by atoms with Crippen molar-refractivity contribution in [2.24, 2.45) is 5.92 Å². The van der Waals surface area contributed by atoms with E-state index in [9.17, 15) is 13.2 Å². The fraction of sp³-hybridized carbons (Fsp3) is 0.720. The molecule has 2 aliphatic rings. The maximum Gasteiger partial charge on any atom is 0.243 e. The Morgan fingerprint density at radius 1 is 1.06 bits per heavy atom. The number of aryl methyl sites for hydroxylation is 2. The third-order valence-corrected chi connectivity index (χ3v) is 9.58. The number of ether oxygens (including phenoxy) is 1. The van der Waals surface area contributed by atoms with Gasteiger partial charge < -0.3 is 14.5 Å². The molecule has 3 rings (SSSR count). The number of rotatable bonds is 9. The van der Waals surface area contributed by atoms with E-state index in [1.165, 1.54) is 30.2 Å². The van der Waals surface area contributed by atoms with Gasteiger partial charge in [-0.15, -0.1) is 0 Å². The number of likely N-dealkylation sites (tertiary alicyclic amines) is 2. The van der Waals surface area contributed by atoms with Crippen LogP contribution in [0.1, 0.15) is 49.7 Å². The van der Waals surface area contributed by atoms with Crippen molar-refractivity contribution in [3.05, 3.63) is 23.3 Å². The van der Waals surface area contributed by atoms with Gasteiger partial charge in [-0.05, 0) is 102 Å². The summed E-state index contributed by atoms with van der Waals surface area (Å²) in [6.07, 6.45) is 5.45. The predicted molar refractivity (Wildman–Crippen MR) is 131 cm³/mol. The number of methoxy groups -OCH3 is 1. The second-order valence-electron chi connectivity index (χ2n) is 9.92. The Hall–Kier alpha value is -1.48. The zero-order chi connectivity index (χ0) is 24.2. The maximum absolute atomic E-state index is 13.1. The number of Topliss-reactive ketones (excluding diaryl/α,β-unsaturated/α-hetero) is 1. The number of ketones is 1. The molecule has 0 atom stereocenters. The molecule has 0 N–H and O–H groups in total. The summed E-state index contributed by atoms with van der Waals surface area (Å²) in [6, 6.07) is 4.16. The van der Waals surface area contributed by atoms with E-state index in [0.717, 1.165) is 25.9 Å². The van der Waals surface area contributed by atoms with Crippen LogP contribution in [0.5, 0.6) is 5.75 Å². The van der Waals surface area contributed by atoms with Gasteiger partial charge in [0.25, 0.3) is 0 Å². The first-order valence-corrected chi connectivity index (χ1v) is 13.6. The first-order chi connectivity index (χ1) is 15.6. The van der Waals surface area contributed by atoms with Gasteiger partial charge in [-0.25, -0.2) is 12.7 Å². The second kappa shape index (κ2) is 11.3. The van der Waals surface area contributed by atoms with Crippen molar-refractivity contribution in [1.29, 1.82) is 0 Å². The summed E-state index contributed by atoms with van der Waals surface area (Å²) < 4.78 is 32.9. The summed E-state index contributed by atoms with van der Waals surface area (Å²) in [5.41, 5.74) is 1.31. The van der Waals surface area contributed by atoms with Gasteiger partial charge in [-0.2, -0.15) is 0 Å². The van der Waals surface area contributed by atoms with Crippen LogP contribution in [0.25, 0.3) is 0 Å². The van der Waals surface area contributed by atoms with E-state index in [0.29, 0.717) is 40.2 Å². The van der Waals surface area contributed by atoms with Crippen molar-refractivity contribution >= 4 is 15.8 Å². The van der Waals surface area contributed by atoms with Crippen LogP contribution in [0.15, 0.2) is 17.0 Å².